The molecule has 0 radical (unpaired) electrons. The van der Waals surface area contributed by atoms with Gasteiger partial charge < -0.3 is 15.1 Å². The summed E-state index contributed by atoms with van der Waals surface area (Å²) in [5.74, 6) is 0.163. The van der Waals surface area contributed by atoms with E-state index in [0.29, 0.717) is 18.7 Å². The maximum atomic E-state index is 12.7. The number of hydrogen-bond acceptors (Lipinski definition) is 5. The molecule has 0 spiro atoms. The average molecular weight is 375 g/mol. The minimum Gasteiger partial charge on any atom is -0.508 e. The molecule has 0 saturated carbocycles. The van der Waals surface area contributed by atoms with E-state index < -0.39 is 15.1 Å². The SMILES string of the molecule is O=S(=O)(c1ccccc1O)C1CCN(CCCCc2ccccc2O)C1. The Balaban J connectivity index is 1.50. The summed E-state index contributed by atoms with van der Waals surface area (Å²) in [6, 6.07) is 13.5. The third-order valence-corrected chi connectivity index (χ3v) is 7.22. The number of likely N-dealkylation sites (tertiary alicyclic amines) is 1. The third kappa shape index (κ3) is 4.19. The van der Waals surface area contributed by atoms with E-state index >= 15 is 0 Å². The largest absolute Gasteiger partial charge is 0.508 e. The van der Waals surface area contributed by atoms with Crippen LogP contribution >= 0.6 is 0 Å². The Labute approximate surface area is 154 Å². The molecule has 0 amide bonds. The highest BCUT2D eigenvalue weighted by atomic mass is 32.2. The van der Waals surface area contributed by atoms with Gasteiger partial charge in [0.2, 0.25) is 0 Å². The van der Waals surface area contributed by atoms with Gasteiger partial charge in [-0.3, -0.25) is 0 Å². The van der Waals surface area contributed by atoms with Crippen LogP contribution in [0, 0.1) is 0 Å². The van der Waals surface area contributed by atoms with Gasteiger partial charge in [-0.1, -0.05) is 30.3 Å². The second-order valence-corrected chi connectivity index (χ2v) is 9.01. The van der Waals surface area contributed by atoms with Crippen molar-refractivity contribution in [2.24, 2.45) is 0 Å². The highest BCUT2D eigenvalue weighted by molar-refractivity contribution is 7.92. The monoisotopic (exact) mass is 375 g/mol. The number of aromatic hydroxyl groups is 2. The van der Waals surface area contributed by atoms with Crippen molar-refractivity contribution in [1.29, 1.82) is 0 Å². The van der Waals surface area contributed by atoms with Crippen molar-refractivity contribution in [3.8, 4) is 11.5 Å². The Morgan fingerprint density at radius 3 is 2.38 bits per heavy atom. The van der Waals surface area contributed by atoms with Crippen LogP contribution < -0.4 is 0 Å². The molecule has 1 atom stereocenters. The zero-order chi connectivity index (χ0) is 18.6. The molecule has 1 saturated heterocycles. The highest BCUT2D eigenvalue weighted by Crippen LogP contribution is 2.29. The maximum absolute atomic E-state index is 12.7. The number of benzene rings is 2. The summed E-state index contributed by atoms with van der Waals surface area (Å²) >= 11 is 0. The first-order valence-electron chi connectivity index (χ1n) is 8.99. The van der Waals surface area contributed by atoms with Crippen LogP contribution in [0.4, 0.5) is 0 Å². The molecule has 2 aromatic carbocycles. The first kappa shape index (κ1) is 18.7. The molecule has 2 aromatic rings. The van der Waals surface area contributed by atoms with Gasteiger partial charge in [0.1, 0.15) is 16.4 Å². The highest BCUT2D eigenvalue weighted by Gasteiger charge is 2.35. The Hall–Kier alpha value is -2.05. The van der Waals surface area contributed by atoms with Crippen molar-refractivity contribution in [3.05, 3.63) is 54.1 Å². The van der Waals surface area contributed by atoms with Gasteiger partial charge in [0.15, 0.2) is 9.84 Å². The molecule has 3 rings (SSSR count). The van der Waals surface area contributed by atoms with Gasteiger partial charge in [-0.05, 0) is 62.5 Å². The molecule has 0 bridgehead atoms. The number of aryl methyl sites for hydroxylation is 1. The van der Waals surface area contributed by atoms with E-state index in [4.69, 9.17) is 0 Å². The number of para-hydroxylation sites is 2. The molecular formula is C20H25NO4S. The standard InChI is InChI=1S/C20H25NO4S/c22-18-9-2-1-7-16(18)8-5-6-13-21-14-12-17(15-21)26(24,25)20-11-4-3-10-19(20)23/h1-4,7,9-11,17,22-23H,5-6,8,12-15H2. The van der Waals surface area contributed by atoms with Crippen molar-refractivity contribution in [2.75, 3.05) is 19.6 Å². The number of hydrogen-bond donors (Lipinski definition) is 2. The van der Waals surface area contributed by atoms with Crippen molar-refractivity contribution < 1.29 is 18.6 Å². The molecule has 0 aromatic heterocycles. The first-order valence-corrected chi connectivity index (χ1v) is 10.5. The van der Waals surface area contributed by atoms with Crippen LogP contribution in [0.5, 0.6) is 11.5 Å². The quantitative estimate of drug-likeness (QED) is 0.728. The number of nitrogens with zero attached hydrogens (tertiary/aromatic N) is 1. The Bertz CT molecular complexity index is 850. The summed E-state index contributed by atoms with van der Waals surface area (Å²) in [5, 5.41) is 19.2. The lowest BCUT2D eigenvalue weighted by Gasteiger charge is -2.16. The molecule has 5 nitrogen and oxygen atoms in total. The Morgan fingerprint density at radius 2 is 1.65 bits per heavy atom. The van der Waals surface area contributed by atoms with E-state index in [0.717, 1.165) is 37.9 Å². The Kier molecular flexibility index (Phi) is 5.84. The smallest absolute Gasteiger partial charge is 0.186 e. The fraction of sp³-hybridized carbons (Fsp3) is 0.400. The average Bonchev–Trinajstić information content (AvgIpc) is 3.10. The molecule has 140 valence electrons. The van der Waals surface area contributed by atoms with E-state index in [2.05, 4.69) is 4.90 Å². The minimum absolute atomic E-state index is 0.0337. The van der Waals surface area contributed by atoms with Crippen LogP contribution in [-0.4, -0.2) is 48.4 Å². The lowest BCUT2D eigenvalue weighted by atomic mass is 10.1. The van der Waals surface area contributed by atoms with E-state index in [1.165, 1.54) is 12.1 Å². The topological polar surface area (TPSA) is 77.8 Å². The Morgan fingerprint density at radius 1 is 0.962 bits per heavy atom. The van der Waals surface area contributed by atoms with Gasteiger partial charge in [0.05, 0.1) is 5.25 Å². The van der Waals surface area contributed by atoms with Gasteiger partial charge >= 0.3 is 0 Å². The fourth-order valence-corrected chi connectivity index (χ4v) is 5.31. The lowest BCUT2D eigenvalue weighted by molar-refractivity contribution is 0.330. The van der Waals surface area contributed by atoms with Crippen LogP contribution in [0.2, 0.25) is 0 Å². The second-order valence-electron chi connectivity index (χ2n) is 6.81. The summed E-state index contributed by atoms with van der Waals surface area (Å²) < 4.78 is 25.5. The predicted molar refractivity (Wildman–Crippen MR) is 101 cm³/mol. The van der Waals surface area contributed by atoms with Crippen LogP contribution in [0.25, 0.3) is 0 Å². The summed E-state index contributed by atoms with van der Waals surface area (Å²) in [5.41, 5.74) is 0.953. The summed E-state index contributed by atoms with van der Waals surface area (Å²) in [7, 11) is -3.51. The van der Waals surface area contributed by atoms with E-state index in [1.54, 1.807) is 18.2 Å². The first-order chi connectivity index (χ1) is 12.5. The van der Waals surface area contributed by atoms with Gasteiger partial charge in [-0.25, -0.2) is 8.42 Å². The number of phenolic OH excluding ortho intramolecular Hbond substituents is 2. The van der Waals surface area contributed by atoms with Crippen molar-refractivity contribution in [3.63, 3.8) is 0 Å². The molecule has 1 aliphatic rings. The molecular weight excluding hydrogens is 350 g/mol. The number of sulfone groups is 1. The molecule has 26 heavy (non-hydrogen) atoms. The van der Waals surface area contributed by atoms with Crippen LogP contribution in [0.15, 0.2) is 53.4 Å². The molecule has 1 heterocycles. The van der Waals surface area contributed by atoms with Crippen LogP contribution in [-0.2, 0) is 16.3 Å². The third-order valence-electron chi connectivity index (χ3n) is 5.00. The van der Waals surface area contributed by atoms with E-state index in [9.17, 15) is 18.6 Å². The van der Waals surface area contributed by atoms with Gasteiger partial charge in [0.25, 0.3) is 0 Å². The summed E-state index contributed by atoms with van der Waals surface area (Å²) in [4.78, 5) is 2.21. The fourth-order valence-electron chi connectivity index (χ4n) is 3.50. The molecule has 2 N–H and O–H groups in total. The number of unbranched alkanes of at least 4 members (excludes halogenated alkanes) is 1. The number of phenols is 2. The summed E-state index contributed by atoms with van der Waals surface area (Å²) in [6.45, 7) is 2.11. The lowest BCUT2D eigenvalue weighted by Crippen LogP contribution is -2.28. The van der Waals surface area contributed by atoms with Crippen LogP contribution in [0.3, 0.4) is 0 Å². The summed E-state index contributed by atoms with van der Waals surface area (Å²) in [6.07, 6.45) is 3.32. The van der Waals surface area contributed by atoms with Crippen molar-refractivity contribution in [2.45, 2.75) is 35.8 Å². The van der Waals surface area contributed by atoms with Gasteiger partial charge in [0, 0.05) is 6.54 Å². The molecule has 1 aliphatic heterocycles. The zero-order valence-electron chi connectivity index (χ0n) is 14.7. The van der Waals surface area contributed by atoms with E-state index in [-0.39, 0.29) is 10.6 Å². The van der Waals surface area contributed by atoms with Gasteiger partial charge in [-0.2, -0.15) is 0 Å². The minimum atomic E-state index is -3.51. The zero-order valence-corrected chi connectivity index (χ0v) is 15.5. The normalized spacial score (nSPS) is 18.2. The maximum Gasteiger partial charge on any atom is 0.186 e. The van der Waals surface area contributed by atoms with E-state index in [1.807, 2.05) is 18.2 Å². The van der Waals surface area contributed by atoms with Crippen LogP contribution in [0.1, 0.15) is 24.8 Å². The molecule has 1 unspecified atom stereocenters. The van der Waals surface area contributed by atoms with Gasteiger partial charge in [-0.15, -0.1) is 0 Å². The molecule has 1 fully saturated rings. The second kappa shape index (κ2) is 8.10. The van der Waals surface area contributed by atoms with Crippen molar-refractivity contribution in [1.82, 2.24) is 4.90 Å². The molecule has 6 heteroatoms. The molecule has 0 aliphatic carbocycles. The number of rotatable bonds is 7. The van der Waals surface area contributed by atoms with Crippen molar-refractivity contribution >= 4 is 9.84 Å². The predicted octanol–water partition coefficient (Wildman–Crippen LogP) is 2.97.